The zero-order valence-electron chi connectivity index (χ0n) is 12.1. The number of rotatable bonds is 5. The molecule has 2 aromatic rings. The molecule has 0 saturated heterocycles. The van der Waals surface area contributed by atoms with Gasteiger partial charge in [-0.15, -0.1) is 0 Å². The number of halogens is 1. The number of ether oxygens (including phenoxy) is 1. The molecule has 22 heavy (non-hydrogen) atoms. The highest BCUT2D eigenvalue weighted by Gasteiger charge is 2.03. The Morgan fingerprint density at radius 2 is 1.68 bits per heavy atom. The molecular formula is C16H17FN2O2S. The van der Waals surface area contributed by atoms with Crippen LogP contribution in [0.15, 0.2) is 42.5 Å². The average molecular weight is 320 g/mol. The van der Waals surface area contributed by atoms with Crippen LogP contribution in [0.1, 0.15) is 11.1 Å². The van der Waals surface area contributed by atoms with E-state index in [1.807, 2.05) is 0 Å². The quantitative estimate of drug-likeness (QED) is 0.740. The Labute approximate surface area is 133 Å². The Balaban J connectivity index is 1.81. The molecule has 0 spiro atoms. The normalized spacial score (nSPS) is 10.1. The summed E-state index contributed by atoms with van der Waals surface area (Å²) < 4.78 is 17.8. The summed E-state index contributed by atoms with van der Waals surface area (Å²) in [7, 11) is 1.50. The maximum Gasteiger partial charge on any atom is 0.166 e. The van der Waals surface area contributed by atoms with Gasteiger partial charge < -0.3 is 20.5 Å². The summed E-state index contributed by atoms with van der Waals surface area (Å²) >= 11 is 5.19. The zero-order chi connectivity index (χ0) is 15.9. The number of nitrogens with one attached hydrogen (secondary N) is 2. The van der Waals surface area contributed by atoms with Crippen LogP contribution < -0.4 is 15.4 Å². The highest BCUT2D eigenvalue weighted by atomic mass is 32.1. The van der Waals surface area contributed by atoms with Crippen LogP contribution in [0, 0.1) is 5.82 Å². The highest BCUT2D eigenvalue weighted by Crippen LogP contribution is 2.26. The molecule has 0 heterocycles. The van der Waals surface area contributed by atoms with Crippen LogP contribution in [-0.4, -0.2) is 17.3 Å². The predicted molar refractivity (Wildman–Crippen MR) is 87.3 cm³/mol. The minimum absolute atomic E-state index is 0.100. The molecule has 6 heteroatoms. The minimum Gasteiger partial charge on any atom is -0.504 e. The monoisotopic (exact) mass is 320 g/mol. The van der Waals surface area contributed by atoms with Gasteiger partial charge in [0.15, 0.2) is 16.6 Å². The molecule has 0 fully saturated rings. The van der Waals surface area contributed by atoms with Crippen molar-refractivity contribution in [1.29, 1.82) is 0 Å². The molecule has 0 aliphatic carbocycles. The van der Waals surface area contributed by atoms with Crippen molar-refractivity contribution in [1.82, 2.24) is 10.6 Å². The van der Waals surface area contributed by atoms with E-state index in [4.69, 9.17) is 17.0 Å². The van der Waals surface area contributed by atoms with Crippen LogP contribution in [0.25, 0.3) is 0 Å². The summed E-state index contributed by atoms with van der Waals surface area (Å²) in [6.07, 6.45) is 0. The molecule has 3 N–H and O–H groups in total. The van der Waals surface area contributed by atoms with E-state index < -0.39 is 0 Å². The molecular weight excluding hydrogens is 303 g/mol. The summed E-state index contributed by atoms with van der Waals surface area (Å²) in [6.45, 7) is 1.02. The fraction of sp³-hybridized carbons (Fsp3) is 0.188. The Hall–Kier alpha value is -2.34. The van der Waals surface area contributed by atoms with Gasteiger partial charge in [0.05, 0.1) is 7.11 Å². The molecule has 116 valence electrons. The van der Waals surface area contributed by atoms with Crippen LogP contribution in [0.4, 0.5) is 4.39 Å². The van der Waals surface area contributed by atoms with Gasteiger partial charge in [0.25, 0.3) is 0 Å². The van der Waals surface area contributed by atoms with Gasteiger partial charge in [0, 0.05) is 13.1 Å². The topological polar surface area (TPSA) is 53.5 Å². The highest BCUT2D eigenvalue weighted by molar-refractivity contribution is 7.80. The van der Waals surface area contributed by atoms with Crippen molar-refractivity contribution in [3.8, 4) is 11.5 Å². The maximum absolute atomic E-state index is 12.8. The first-order valence-corrected chi connectivity index (χ1v) is 7.11. The molecule has 4 nitrogen and oxygen atoms in total. The van der Waals surface area contributed by atoms with Crippen molar-refractivity contribution in [2.24, 2.45) is 0 Å². The Morgan fingerprint density at radius 3 is 2.32 bits per heavy atom. The first-order valence-electron chi connectivity index (χ1n) is 6.70. The van der Waals surface area contributed by atoms with Crippen molar-refractivity contribution in [3.63, 3.8) is 0 Å². The smallest absolute Gasteiger partial charge is 0.166 e. The summed E-state index contributed by atoms with van der Waals surface area (Å²) in [5.74, 6) is 0.262. The van der Waals surface area contributed by atoms with Gasteiger partial charge in [-0.3, -0.25) is 0 Å². The average Bonchev–Trinajstić information content (AvgIpc) is 2.53. The Morgan fingerprint density at radius 1 is 1.09 bits per heavy atom. The number of hydrogen-bond donors (Lipinski definition) is 3. The molecule has 0 aliphatic heterocycles. The first kappa shape index (κ1) is 16.0. The Bertz CT molecular complexity index is 647. The van der Waals surface area contributed by atoms with Crippen molar-refractivity contribution in [2.45, 2.75) is 13.1 Å². The van der Waals surface area contributed by atoms with Gasteiger partial charge in [0.2, 0.25) is 0 Å². The van der Waals surface area contributed by atoms with E-state index in [-0.39, 0.29) is 11.6 Å². The fourth-order valence-corrected chi connectivity index (χ4v) is 2.01. The first-order chi connectivity index (χ1) is 10.6. The van der Waals surface area contributed by atoms with E-state index in [2.05, 4.69) is 10.6 Å². The largest absolute Gasteiger partial charge is 0.504 e. The summed E-state index contributed by atoms with van der Waals surface area (Å²) in [5, 5.41) is 16.1. The second kappa shape index (κ2) is 7.61. The second-order valence-electron chi connectivity index (χ2n) is 4.67. The van der Waals surface area contributed by atoms with Crippen molar-refractivity contribution < 1.29 is 14.2 Å². The lowest BCUT2D eigenvalue weighted by molar-refractivity contribution is 0.373. The lowest BCUT2D eigenvalue weighted by atomic mass is 10.2. The molecule has 0 atom stereocenters. The van der Waals surface area contributed by atoms with E-state index in [0.29, 0.717) is 24.0 Å². The molecule has 0 aromatic heterocycles. The predicted octanol–water partition coefficient (Wildman–Crippen LogP) is 2.70. The standard InChI is InChI=1S/C16H17FN2O2S/c1-21-15-8-12(4-7-14(15)20)10-19-16(22)18-9-11-2-5-13(17)6-3-11/h2-8,20H,9-10H2,1H3,(H2,18,19,22). The molecule has 0 saturated carbocycles. The number of phenols is 1. The SMILES string of the molecule is COc1cc(CNC(=S)NCc2ccc(F)cc2)ccc1O. The number of aromatic hydroxyl groups is 1. The van der Waals surface area contributed by atoms with Crippen molar-refractivity contribution >= 4 is 17.3 Å². The number of thiocarbonyl (C=S) groups is 1. The molecule has 0 amide bonds. The number of methoxy groups -OCH3 is 1. The van der Waals surface area contributed by atoms with E-state index in [1.165, 1.54) is 19.2 Å². The third kappa shape index (κ3) is 4.60. The summed E-state index contributed by atoms with van der Waals surface area (Å²) in [4.78, 5) is 0. The lowest BCUT2D eigenvalue weighted by Crippen LogP contribution is -2.34. The maximum atomic E-state index is 12.8. The molecule has 0 aliphatic rings. The summed E-state index contributed by atoms with van der Waals surface area (Å²) in [6, 6.07) is 11.3. The minimum atomic E-state index is -0.259. The third-order valence-electron chi connectivity index (χ3n) is 3.06. The van der Waals surface area contributed by atoms with Gasteiger partial charge in [-0.2, -0.15) is 0 Å². The van der Waals surface area contributed by atoms with E-state index >= 15 is 0 Å². The molecule has 0 unspecified atom stereocenters. The van der Waals surface area contributed by atoms with E-state index in [9.17, 15) is 9.50 Å². The molecule has 2 aromatic carbocycles. The van der Waals surface area contributed by atoms with Crippen LogP contribution >= 0.6 is 12.2 Å². The number of benzene rings is 2. The number of hydrogen-bond acceptors (Lipinski definition) is 3. The zero-order valence-corrected chi connectivity index (χ0v) is 12.9. The van der Waals surface area contributed by atoms with Crippen LogP contribution in [0.5, 0.6) is 11.5 Å². The van der Waals surface area contributed by atoms with Crippen LogP contribution in [-0.2, 0) is 13.1 Å². The van der Waals surface area contributed by atoms with Crippen LogP contribution in [0.3, 0.4) is 0 Å². The summed E-state index contributed by atoms with van der Waals surface area (Å²) in [5.41, 5.74) is 1.87. The van der Waals surface area contributed by atoms with Crippen molar-refractivity contribution in [3.05, 3.63) is 59.4 Å². The molecule has 2 rings (SSSR count). The molecule has 0 bridgehead atoms. The van der Waals surface area contributed by atoms with Crippen molar-refractivity contribution in [2.75, 3.05) is 7.11 Å². The molecule has 0 radical (unpaired) electrons. The van der Waals surface area contributed by atoms with E-state index in [0.717, 1.165) is 11.1 Å². The van der Waals surface area contributed by atoms with Gasteiger partial charge in [-0.05, 0) is 47.6 Å². The van der Waals surface area contributed by atoms with Gasteiger partial charge >= 0.3 is 0 Å². The second-order valence-corrected chi connectivity index (χ2v) is 5.08. The number of phenolic OH excluding ortho intramolecular Hbond substituents is 1. The fourth-order valence-electron chi connectivity index (χ4n) is 1.86. The lowest BCUT2D eigenvalue weighted by Gasteiger charge is -2.11. The third-order valence-corrected chi connectivity index (χ3v) is 3.35. The Kier molecular flexibility index (Phi) is 5.55. The van der Waals surface area contributed by atoms with Gasteiger partial charge in [-0.25, -0.2) is 4.39 Å². The van der Waals surface area contributed by atoms with E-state index in [1.54, 1.807) is 30.3 Å². The van der Waals surface area contributed by atoms with Crippen LogP contribution in [0.2, 0.25) is 0 Å². The van der Waals surface area contributed by atoms with Gasteiger partial charge in [0.1, 0.15) is 5.82 Å². The van der Waals surface area contributed by atoms with Gasteiger partial charge in [-0.1, -0.05) is 18.2 Å².